The number of hydrogen-bond donors (Lipinski definition) is 0. The van der Waals surface area contributed by atoms with Gasteiger partial charge in [-0.1, -0.05) is 19.3 Å². The fourth-order valence-electron chi connectivity index (χ4n) is 3.67. The van der Waals surface area contributed by atoms with Crippen LogP contribution in [0.4, 0.5) is 0 Å². The maximum absolute atomic E-state index is 11.9. The number of Topliss-reactive ketones (excluding diaryl/α,β-unsaturated/α-hetero) is 1. The van der Waals surface area contributed by atoms with E-state index in [1.807, 2.05) is 17.8 Å². The standard InChI is InChI=1S/C16H23NOS/c1-19-16(9-3-2-4-10-16)12-17-11-8-13-14(17)6-5-7-15(13)18/h8,11H,2-7,9-10,12H2,1H3. The van der Waals surface area contributed by atoms with E-state index in [0.717, 1.165) is 31.4 Å². The number of nitrogens with zero attached hydrogens (tertiary/aromatic N) is 1. The Kier molecular flexibility index (Phi) is 3.75. The van der Waals surface area contributed by atoms with Gasteiger partial charge >= 0.3 is 0 Å². The lowest BCUT2D eigenvalue weighted by Gasteiger charge is -2.37. The van der Waals surface area contributed by atoms with Crippen molar-refractivity contribution in [3.63, 3.8) is 0 Å². The molecule has 0 amide bonds. The molecule has 1 heterocycles. The molecule has 104 valence electrons. The third-order valence-electron chi connectivity index (χ3n) is 4.85. The molecular formula is C16H23NOS. The van der Waals surface area contributed by atoms with Crippen molar-refractivity contribution in [1.29, 1.82) is 0 Å². The van der Waals surface area contributed by atoms with Crippen LogP contribution in [0, 0.1) is 0 Å². The summed E-state index contributed by atoms with van der Waals surface area (Å²) in [5.41, 5.74) is 2.30. The van der Waals surface area contributed by atoms with E-state index in [2.05, 4.69) is 17.0 Å². The van der Waals surface area contributed by atoms with Gasteiger partial charge in [0.2, 0.25) is 0 Å². The van der Waals surface area contributed by atoms with Crippen LogP contribution < -0.4 is 0 Å². The van der Waals surface area contributed by atoms with E-state index >= 15 is 0 Å². The van der Waals surface area contributed by atoms with E-state index in [9.17, 15) is 4.79 Å². The molecule has 1 saturated carbocycles. The van der Waals surface area contributed by atoms with E-state index in [0.29, 0.717) is 10.5 Å². The van der Waals surface area contributed by atoms with E-state index in [1.54, 1.807) is 0 Å². The molecule has 1 aromatic rings. The molecule has 0 unspecified atom stereocenters. The molecule has 2 aliphatic carbocycles. The van der Waals surface area contributed by atoms with Crippen molar-refractivity contribution < 1.29 is 4.79 Å². The second-order valence-electron chi connectivity index (χ2n) is 6.03. The van der Waals surface area contributed by atoms with E-state index in [1.165, 1.54) is 37.8 Å². The van der Waals surface area contributed by atoms with Gasteiger partial charge in [-0.25, -0.2) is 0 Å². The summed E-state index contributed by atoms with van der Waals surface area (Å²) < 4.78 is 2.79. The van der Waals surface area contributed by atoms with Gasteiger partial charge in [0.1, 0.15) is 0 Å². The van der Waals surface area contributed by atoms with Crippen molar-refractivity contribution in [2.75, 3.05) is 6.26 Å². The highest BCUT2D eigenvalue weighted by Crippen LogP contribution is 2.40. The molecule has 0 N–H and O–H groups in total. The van der Waals surface area contributed by atoms with Crippen molar-refractivity contribution >= 4 is 17.5 Å². The molecule has 2 aliphatic rings. The minimum Gasteiger partial charge on any atom is -0.349 e. The second kappa shape index (κ2) is 5.35. The Morgan fingerprint density at radius 2 is 2.00 bits per heavy atom. The number of fused-ring (bicyclic) bond motifs is 1. The lowest BCUT2D eigenvalue weighted by Crippen LogP contribution is -2.33. The first-order chi connectivity index (χ1) is 9.24. The van der Waals surface area contributed by atoms with Crippen LogP contribution in [0.1, 0.15) is 61.0 Å². The third-order valence-corrected chi connectivity index (χ3v) is 6.26. The van der Waals surface area contributed by atoms with Gasteiger partial charge in [0.05, 0.1) is 0 Å². The Balaban J connectivity index is 1.85. The Bertz CT molecular complexity index is 471. The summed E-state index contributed by atoms with van der Waals surface area (Å²) in [6.45, 7) is 1.09. The van der Waals surface area contributed by atoms with Crippen molar-refractivity contribution in [2.24, 2.45) is 0 Å². The van der Waals surface area contributed by atoms with Gasteiger partial charge in [0, 0.05) is 35.2 Å². The highest BCUT2D eigenvalue weighted by Gasteiger charge is 2.33. The summed E-state index contributed by atoms with van der Waals surface area (Å²) in [7, 11) is 0. The second-order valence-corrected chi connectivity index (χ2v) is 7.30. The first-order valence-electron chi connectivity index (χ1n) is 7.50. The van der Waals surface area contributed by atoms with Crippen LogP contribution in [0.5, 0.6) is 0 Å². The van der Waals surface area contributed by atoms with Gasteiger partial charge in [0.15, 0.2) is 5.78 Å². The van der Waals surface area contributed by atoms with Gasteiger partial charge in [-0.3, -0.25) is 4.79 Å². The van der Waals surface area contributed by atoms with Crippen LogP contribution in [0.2, 0.25) is 0 Å². The van der Waals surface area contributed by atoms with Gasteiger partial charge in [-0.05, 0) is 38.0 Å². The van der Waals surface area contributed by atoms with Crippen LogP contribution in [-0.4, -0.2) is 21.4 Å². The highest BCUT2D eigenvalue weighted by molar-refractivity contribution is 8.00. The average molecular weight is 277 g/mol. The number of carbonyl (C=O) groups is 1. The molecule has 0 radical (unpaired) electrons. The molecule has 0 aromatic carbocycles. The summed E-state index contributed by atoms with van der Waals surface area (Å²) in [6, 6.07) is 2.05. The Morgan fingerprint density at radius 3 is 2.74 bits per heavy atom. The Labute approximate surface area is 120 Å². The first-order valence-corrected chi connectivity index (χ1v) is 8.73. The summed E-state index contributed by atoms with van der Waals surface area (Å²) >= 11 is 2.04. The molecule has 0 bridgehead atoms. The maximum Gasteiger partial charge on any atom is 0.164 e. The topological polar surface area (TPSA) is 22.0 Å². The normalized spacial score (nSPS) is 22.3. The van der Waals surface area contributed by atoms with E-state index < -0.39 is 0 Å². The summed E-state index contributed by atoms with van der Waals surface area (Å²) in [5, 5.41) is 0. The molecule has 2 nitrogen and oxygen atoms in total. The van der Waals surface area contributed by atoms with Gasteiger partial charge in [-0.2, -0.15) is 11.8 Å². The highest BCUT2D eigenvalue weighted by atomic mass is 32.2. The fraction of sp³-hybridized carbons (Fsp3) is 0.688. The van der Waals surface area contributed by atoms with Crippen LogP contribution in [0.3, 0.4) is 0 Å². The van der Waals surface area contributed by atoms with E-state index in [4.69, 9.17) is 0 Å². The van der Waals surface area contributed by atoms with Crippen LogP contribution in [-0.2, 0) is 13.0 Å². The van der Waals surface area contributed by atoms with Crippen molar-refractivity contribution in [3.05, 3.63) is 23.5 Å². The van der Waals surface area contributed by atoms with Gasteiger partial charge < -0.3 is 4.57 Å². The molecule has 3 rings (SSSR count). The summed E-state index contributed by atoms with van der Waals surface area (Å²) in [4.78, 5) is 11.9. The van der Waals surface area contributed by atoms with Crippen LogP contribution in [0.15, 0.2) is 12.3 Å². The Hall–Kier alpha value is -0.700. The molecule has 0 spiro atoms. The zero-order chi connectivity index (χ0) is 13.3. The molecule has 1 fully saturated rings. The maximum atomic E-state index is 11.9. The molecule has 0 aliphatic heterocycles. The minimum absolute atomic E-state index is 0.349. The van der Waals surface area contributed by atoms with Crippen LogP contribution >= 0.6 is 11.8 Å². The summed E-state index contributed by atoms with van der Waals surface area (Å²) in [6.07, 6.45) is 14.0. The lowest BCUT2D eigenvalue weighted by molar-refractivity contribution is 0.0971. The molecule has 0 saturated heterocycles. The first kappa shape index (κ1) is 13.3. The van der Waals surface area contributed by atoms with Crippen molar-refractivity contribution in [2.45, 2.75) is 62.7 Å². The van der Waals surface area contributed by atoms with Gasteiger partial charge in [0.25, 0.3) is 0 Å². The predicted octanol–water partition coefficient (Wildman–Crippen LogP) is 4.07. The number of aromatic nitrogens is 1. The minimum atomic E-state index is 0.349. The van der Waals surface area contributed by atoms with Crippen molar-refractivity contribution in [3.8, 4) is 0 Å². The smallest absolute Gasteiger partial charge is 0.164 e. The Morgan fingerprint density at radius 1 is 1.21 bits per heavy atom. The number of carbonyl (C=O) groups excluding carboxylic acids is 1. The largest absolute Gasteiger partial charge is 0.349 e. The zero-order valence-electron chi connectivity index (χ0n) is 11.8. The number of hydrogen-bond acceptors (Lipinski definition) is 2. The van der Waals surface area contributed by atoms with Crippen molar-refractivity contribution in [1.82, 2.24) is 4.57 Å². The average Bonchev–Trinajstić information content (AvgIpc) is 2.84. The lowest BCUT2D eigenvalue weighted by atomic mass is 9.88. The predicted molar refractivity (Wildman–Crippen MR) is 81.0 cm³/mol. The third kappa shape index (κ3) is 2.49. The molecule has 3 heteroatoms. The molecular weight excluding hydrogens is 254 g/mol. The number of thioether (sulfide) groups is 1. The summed E-state index contributed by atoms with van der Waals surface area (Å²) in [5.74, 6) is 0.349. The number of rotatable bonds is 3. The molecule has 0 atom stereocenters. The van der Waals surface area contributed by atoms with Crippen LogP contribution in [0.25, 0.3) is 0 Å². The number of ketones is 1. The molecule has 1 aromatic heterocycles. The molecule has 19 heavy (non-hydrogen) atoms. The quantitative estimate of drug-likeness (QED) is 0.830. The van der Waals surface area contributed by atoms with Gasteiger partial charge in [-0.15, -0.1) is 0 Å². The monoisotopic (exact) mass is 277 g/mol. The SMILES string of the molecule is CSC1(Cn2ccc3c2CCCC3=O)CCCCC1. The fourth-order valence-corrected chi connectivity index (χ4v) is 4.64. The van der Waals surface area contributed by atoms with E-state index in [-0.39, 0.29) is 0 Å². The zero-order valence-corrected chi connectivity index (χ0v) is 12.6.